The van der Waals surface area contributed by atoms with Gasteiger partial charge in [0.2, 0.25) is 0 Å². The molecule has 3 heterocycles. The summed E-state index contributed by atoms with van der Waals surface area (Å²) in [5.74, 6) is 0.691. The van der Waals surface area contributed by atoms with Gasteiger partial charge in [-0.1, -0.05) is 32.9 Å². The molecule has 3 aromatic rings. The van der Waals surface area contributed by atoms with Crippen LogP contribution in [0.3, 0.4) is 0 Å². The summed E-state index contributed by atoms with van der Waals surface area (Å²) in [4.78, 5) is 23.2. The van der Waals surface area contributed by atoms with Crippen LogP contribution in [0.5, 0.6) is 0 Å². The minimum atomic E-state index is 0.0272. The van der Waals surface area contributed by atoms with E-state index in [0.717, 1.165) is 54.8 Å². The number of hydrogen-bond donors (Lipinski definition) is 1. The fraction of sp³-hybridized carbons (Fsp3) is 0.531. The van der Waals surface area contributed by atoms with E-state index in [1.165, 1.54) is 25.9 Å². The van der Waals surface area contributed by atoms with Gasteiger partial charge in [0.1, 0.15) is 5.65 Å². The number of aliphatic hydroxyl groups excluding tert-OH is 1. The molecular weight excluding hydrogens is 486 g/mol. The standard InChI is InChI=1S/C32H43N5O2/c1-24(2)14-19-36(20-15-25(3)23-38)32(39)28-12-13-30-34-31(27-10-8-26(21-33)9-11-27)29(37(30)22-28)7-6-18-35-16-4-5-17-35/h8-13,22,24-25,38H,4-7,14-20,23H2,1-3H3. The molecular formula is C32H43N5O2. The molecule has 7 nitrogen and oxygen atoms in total. The highest BCUT2D eigenvalue weighted by molar-refractivity contribution is 5.94. The SMILES string of the molecule is CC(C)CCN(CCC(C)CO)C(=O)c1ccc2nc(-c3ccc(C#N)cc3)c(CCCN3CCCC3)n2c1. The number of imidazole rings is 1. The molecule has 1 aliphatic rings. The molecule has 1 N–H and O–H groups in total. The zero-order valence-corrected chi connectivity index (χ0v) is 23.8. The maximum atomic E-state index is 13.7. The van der Waals surface area contributed by atoms with Gasteiger partial charge < -0.3 is 19.3 Å². The molecule has 1 atom stereocenters. The Morgan fingerprint density at radius 2 is 1.79 bits per heavy atom. The van der Waals surface area contributed by atoms with Crippen molar-refractivity contribution in [3.63, 3.8) is 0 Å². The van der Waals surface area contributed by atoms with Gasteiger partial charge in [0.05, 0.1) is 28.6 Å². The largest absolute Gasteiger partial charge is 0.396 e. The van der Waals surface area contributed by atoms with Gasteiger partial charge in [-0.2, -0.15) is 5.26 Å². The molecule has 1 aromatic carbocycles. The molecule has 0 spiro atoms. The van der Waals surface area contributed by atoms with Gasteiger partial charge in [0, 0.05) is 31.5 Å². The molecule has 1 unspecified atom stereocenters. The van der Waals surface area contributed by atoms with Crippen molar-refractivity contribution >= 4 is 11.6 Å². The molecule has 1 saturated heterocycles. The zero-order valence-electron chi connectivity index (χ0n) is 23.8. The summed E-state index contributed by atoms with van der Waals surface area (Å²) < 4.78 is 2.10. The molecule has 1 fully saturated rings. The lowest BCUT2D eigenvalue weighted by Crippen LogP contribution is -2.34. The molecule has 208 valence electrons. The van der Waals surface area contributed by atoms with E-state index in [-0.39, 0.29) is 18.4 Å². The third-order valence-electron chi connectivity index (χ3n) is 7.81. The summed E-state index contributed by atoms with van der Waals surface area (Å²) in [6.45, 7) is 11.2. The monoisotopic (exact) mass is 529 g/mol. The summed E-state index contributed by atoms with van der Waals surface area (Å²) in [5, 5.41) is 18.7. The average molecular weight is 530 g/mol. The van der Waals surface area contributed by atoms with Crippen LogP contribution in [0.25, 0.3) is 16.9 Å². The van der Waals surface area contributed by atoms with Crippen molar-refractivity contribution in [2.24, 2.45) is 11.8 Å². The van der Waals surface area contributed by atoms with Crippen molar-refractivity contribution in [3.05, 3.63) is 59.4 Å². The van der Waals surface area contributed by atoms with Crippen LogP contribution in [0, 0.1) is 23.2 Å². The Balaban J connectivity index is 1.65. The summed E-state index contributed by atoms with van der Waals surface area (Å²) >= 11 is 0. The number of nitrogens with zero attached hydrogens (tertiary/aromatic N) is 5. The van der Waals surface area contributed by atoms with Crippen molar-refractivity contribution in [2.45, 2.75) is 59.3 Å². The zero-order chi connectivity index (χ0) is 27.8. The van der Waals surface area contributed by atoms with Gasteiger partial charge in [-0.3, -0.25) is 4.79 Å². The number of likely N-dealkylation sites (tertiary alicyclic amines) is 1. The highest BCUT2D eigenvalue weighted by Crippen LogP contribution is 2.27. The van der Waals surface area contributed by atoms with E-state index >= 15 is 0 Å². The number of aliphatic hydroxyl groups is 1. The van der Waals surface area contributed by atoms with E-state index in [0.29, 0.717) is 30.1 Å². The first-order valence-electron chi connectivity index (χ1n) is 14.5. The number of fused-ring (bicyclic) bond motifs is 1. The van der Waals surface area contributed by atoms with Gasteiger partial charge in [-0.15, -0.1) is 0 Å². The number of aryl methyl sites for hydroxylation is 1. The van der Waals surface area contributed by atoms with Crippen LogP contribution >= 0.6 is 0 Å². The number of benzene rings is 1. The van der Waals surface area contributed by atoms with Gasteiger partial charge >= 0.3 is 0 Å². The van der Waals surface area contributed by atoms with Crippen LogP contribution < -0.4 is 0 Å². The second kappa shape index (κ2) is 13.7. The van der Waals surface area contributed by atoms with E-state index in [2.05, 4.69) is 29.2 Å². The molecule has 0 aliphatic carbocycles. The van der Waals surface area contributed by atoms with Crippen LogP contribution in [0.15, 0.2) is 42.6 Å². The molecule has 1 aliphatic heterocycles. The number of carbonyl (C=O) groups is 1. The first-order chi connectivity index (χ1) is 18.9. The Morgan fingerprint density at radius 3 is 2.46 bits per heavy atom. The Labute approximate surface area is 233 Å². The predicted octanol–water partition coefficient (Wildman–Crippen LogP) is 5.41. The third kappa shape index (κ3) is 7.46. The van der Waals surface area contributed by atoms with Crippen LogP contribution in [-0.4, -0.2) is 69.5 Å². The molecule has 0 radical (unpaired) electrons. The Morgan fingerprint density at radius 1 is 1.08 bits per heavy atom. The van der Waals surface area contributed by atoms with E-state index < -0.39 is 0 Å². The van der Waals surface area contributed by atoms with E-state index in [1.54, 1.807) is 0 Å². The van der Waals surface area contributed by atoms with E-state index in [4.69, 9.17) is 4.98 Å². The lowest BCUT2D eigenvalue weighted by atomic mass is 10.1. The summed E-state index contributed by atoms with van der Waals surface area (Å²) in [7, 11) is 0. The molecule has 1 amide bonds. The third-order valence-corrected chi connectivity index (χ3v) is 7.81. The highest BCUT2D eigenvalue weighted by atomic mass is 16.3. The second-order valence-corrected chi connectivity index (χ2v) is 11.4. The normalized spacial score (nSPS) is 14.7. The first-order valence-corrected chi connectivity index (χ1v) is 14.5. The van der Waals surface area contributed by atoms with Crippen molar-refractivity contribution < 1.29 is 9.90 Å². The van der Waals surface area contributed by atoms with Crippen molar-refractivity contribution in [1.82, 2.24) is 19.2 Å². The van der Waals surface area contributed by atoms with Gasteiger partial charge in [-0.05, 0) is 94.3 Å². The van der Waals surface area contributed by atoms with Gasteiger partial charge in [0.25, 0.3) is 5.91 Å². The summed E-state index contributed by atoms with van der Waals surface area (Å²) in [5.41, 5.74) is 5.11. The Kier molecular flexibility index (Phi) is 10.1. The predicted molar refractivity (Wildman–Crippen MR) is 156 cm³/mol. The fourth-order valence-corrected chi connectivity index (χ4v) is 5.25. The number of hydrogen-bond acceptors (Lipinski definition) is 5. The molecule has 4 rings (SSSR count). The van der Waals surface area contributed by atoms with Crippen LogP contribution in [-0.2, 0) is 6.42 Å². The minimum Gasteiger partial charge on any atom is -0.396 e. The Hall–Kier alpha value is -3.21. The van der Waals surface area contributed by atoms with E-state index in [9.17, 15) is 15.2 Å². The Bertz CT molecular complexity index is 1270. The average Bonchev–Trinajstić information content (AvgIpc) is 3.60. The number of aromatic nitrogens is 2. The molecule has 39 heavy (non-hydrogen) atoms. The lowest BCUT2D eigenvalue weighted by molar-refractivity contribution is 0.0731. The van der Waals surface area contributed by atoms with Gasteiger partial charge in [-0.25, -0.2) is 4.98 Å². The molecule has 0 bridgehead atoms. The maximum absolute atomic E-state index is 13.7. The molecule has 2 aromatic heterocycles. The number of carbonyl (C=O) groups excluding carboxylic acids is 1. The summed E-state index contributed by atoms with van der Waals surface area (Å²) in [6, 6.07) is 13.6. The first kappa shape index (κ1) is 28.8. The number of rotatable bonds is 13. The number of pyridine rings is 1. The maximum Gasteiger partial charge on any atom is 0.255 e. The lowest BCUT2D eigenvalue weighted by Gasteiger charge is -2.25. The molecule has 0 saturated carbocycles. The topological polar surface area (TPSA) is 84.9 Å². The summed E-state index contributed by atoms with van der Waals surface area (Å²) in [6.07, 6.45) is 8.12. The quantitative estimate of drug-likeness (QED) is 0.320. The van der Waals surface area contributed by atoms with Crippen molar-refractivity contribution in [3.8, 4) is 17.3 Å². The van der Waals surface area contributed by atoms with Crippen molar-refractivity contribution in [1.29, 1.82) is 5.26 Å². The second-order valence-electron chi connectivity index (χ2n) is 11.4. The number of amides is 1. The minimum absolute atomic E-state index is 0.0272. The van der Waals surface area contributed by atoms with Crippen LogP contribution in [0.1, 0.15) is 74.5 Å². The highest BCUT2D eigenvalue weighted by Gasteiger charge is 2.21. The van der Waals surface area contributed by atoms with Crippen LogP contribution in [0.2, 0.25) is 0 Å². The molecule has 7 heteroatoms. The van der Waals surface area contributed by atoms with Crippen molar-refractivity contribution in [2.75, 3.05) is 39.3 Å². The fourth-order valence-electron chi connectivity index (χ4n) is 5.25. The number of nitriles is 1. The van der Waals surface area contributed by atoms with Gasteiger partial charge in [0.15, 0.2) is 0 Å². The van der Waals surface area contributed by atoms with Crippen LogP contribution in [0.4, 0.5) is 0 Å². The smallest absolute Gasteiger partial charge is 0.255 e. The van der Waals surface area contributed by atoms with E-state index in [1.807, 2.05) is 54.4 Å².